The maximum Gasteiger partial charge on any atom is 0.270 e. The van der Waals surface area contributed by atoms with E-state index in [1.54, 1.807) is 17.0 Å². The molecule has 1 aliphatic rings. The standard InChI is InChI=1S/C13H18F2N2O2/c14-12(15)8-16-6-3-5-11(16)13(19)17-7-2-1-4-10(17)9-18/h3,5-6,10,12,18H,1-2,4,7-9H2. The van der Waals surface area contributed by atoms with Gasteiger partial charge in [0.1, 0.15) is 5.69 Å². The van der Waals surface area contributed by atoms with Crippen molar-refractivity contribution < 1.29 is 18.7 Å². The summed E-state index contributed by atoms with van der Waals surface area (Å²) in [4.78, 5) is 14.0. The molecule has 106 valence electrons. The number of likely N-dealkylation sites (tertiary alicyclic amines) is 1. The number of carbonyl (C=O) groups is 1. The maximum absolute atomic E-state index is 12.4. The number of nitrogens with zero attached hydrogens (tertiary/aromatic N) is 2. The van der Waals surface area contributed by atoms with Gasteiger partial charge in [-0.05, 0) is 31.4 Å². The number of aliphatic hydroxyl groups is 1. The van der Waals surface area contributed by atoms with E-state index < -0.39 is 13.0 Å². The van der Waals surface area contributed by atoms with E-state index in [0.29, 0.717) is 6.54 Å². The lowest BCUT2D eigenvalue weighted by Gasteiger charge is -2.34. The lowest BCUT2D eigenvalue weighted by atomic mass is 10.0. The van der Waals surface area contributed by atoms with Crippen molar-refractivity contribution in [1.82, 2.24) is 9.47 Å². The zero-order valence-corrected chi connectivity index (χ0v) is 10.6. The Bertz CT molecular complexity index is 434. The Labute approximate surface area is 110 Å². The molecule has 1 amide bonds. The summed E-state index contributed by atoms with van der Waals surface area (Å²) in [7, 11) is 0. The van der Waals surface area contributed by atoms with Crippen molar-refractivity contribution in [2.45, 2.75) is 38.3 Å². The number of piperidine rings is 1. The second-order valence-corrected chi connectivity index (χ2v) is 4.77. The molecule has 6 heteroatoms. The molecule has 0 bridgehead atoms. The minimum absolute atomic E-state index is 0.0820. The second kappa shape index (κ2) is 6.14. The molecule has 0 spiro atoms. The Balaban J connectivity index is 2.16. The zero-order valence-electron chi connectivity index (χ0n) is 10.6. The van der Waals surface area contributed by atoms with Crippen LogP contribution in [0.2, 0.25) is 0 Å². The van der Waals surface area contributed by atoms with Crippen LogP contribution in [0.5, 0.6) is 0 Å². The summed E-state index contributed by atoms with van der Waals surface area (Å²) in [6.45, 7) is 0.0108. The first-order chi connectivity index (χ1) is 9.13. The summed E-state index contributed by atoms with van der Waals surface area (Å²) in [6, 6.07) is 2.94. The molecular weight excluding hydrogens is 254 g/mol. The maximum atomic E-state index is 12.4. The summed E-state index contributed by atoms with van der Waals surface area (Å²) >= 11 is 0. The molecule has 0 aromatic carbocycles. The summed E-state index contributed by atoms with van der Waals surface area (Å²) < 4.78 is 26.2. The van der Waals surface area contributed by atoms with Crippen molar-refractivity contribution >= 4 is 5.91 Å². The van der Waals surface area contributed by atoms with Gasteiger partial charge in [-0.3, -0.25) is 4.79 Å². The first-order valence-corrected chi connectivity index (χ1v) is 6.48. The molecule has 1 saturated heterocycles. The van der Waals surface area contributed by atoms with Gasteiger partial charge in [0, 0.05) is 12.7 Å². The fourth-order valence-corrected chi connectivity index (χ4v) is 2.52. The predicted molar refractivity (Wildman–Crippen MR) is 66.2 cm³/mol. The molecule has 2 heterocycles. The number of rotatable bonds is 4. The zero-order chi connectivity index (χ0) is 13.8. The lowest BCUT2D eigenvalue weighted by molar-refractivity contribution is 0.0486. The molecule has 19 heavy (non-hydrogen) atoms. The van der Waals surface area contributed by atoms with Crippen molar-refractivity contribution in [3.8, 4) is 0 Å². The number of aliphatic hydroxyl groups excluding tert-OH is 1. The predicted octanol–water partition coefficient (Wildman–Crippen LogP) is 1.74. The highest BCUT2D eigenvalue weighted by atomic mass is 19.3. The third kappa shape index (κ3) is 3.12. The summed E-state index contributed by atoms with van der Waals surface area (Å²) in [5.74, 6) is -0.274. The monoisotopic (exact) mass is 272 g/mol. The van der Waals surface area contributed by atoms with Crippen LogP contribution in [0.1, 0.15) is 29.8 Å². The van der Waals surface area contributed by atoms with E-state index in [1.807, 2.05) is 0 Å². The third-order valence-electron chi connectivity index (χ3n) is 3.48. The molecule has 0 radical (unpaired) electrons. The highest BCUT2D eigenvalue weighted by Crippen LogP contribution is 2.20. The quantitative estimate of drug-likeness (QED) is 0.907. The topological polar surface area (TPSA) is 45.5 Å². The number of hydrogen-bond donors (Lipinski definition) is 1. The van der Waals surface area contributed by atoms with Crippen molar-refractivity contribution in [1.29, 1.82) is 0 Å². The molecular formula is C13H18F2N2O2. The van der Waals surface area contributed by atoms with E-state index in [4.69, 9.17) is 0 Å². The van der Waals surface area contributed by atoms with Gasteiger partial charge in [-0.15, -0.1) is 0 Å². The van der Waals surface area contributed by atoms with Gasteiger partial charge < -0.3 is 14.6 Å². The van der Waals surface area contributed by atoms with E-state index in [-0.39, 0.29) is 24.2 Å². The summed E-state index contributed by atoms with van der Waals surface area (Å²) in [5, 5.41) is 9.30. The van der Waals surface area contributed by atoms with E-state index in [1.165, 1.54) is 10.8 Å². The molecule has 2 rings (SSSR count). The van der Waals surface area contributed by atoms with E-state index in [0.717, 1.165) is 19.3 Å². The molecule has 1 fully saturated rings. The van der Waals surface area contributed by atoms with Crippen LogP contribution in [-0.2, 0) is 6.54 Å². The molecule has 0 saturated carbocycles. The molecule has 4 nitrogen and oxygen atoms in total. The first-order valence-electron chi connectivity index (χ1n) is 6.48. The fourth-order valence-electron chi connectivity index (χ4n) is 2.52. The number of aromatic nitrogens is 1. The van der Waals surface area contributed by atoms with Crippen LogP contribution in [0, 0.1) is 0 Å². The molecule has 1 atom stereocenters. The number of alkyl halides is 2. The Morgan fingerprint density at radius 1 is 1.47 bits per heavy atom. The SMILES string of the molecule is O=C(c1cccn1CC(F)F)N1CCCCC1CO. The Hall–Kier alpha value is -1.43. The van der Waals surface area contributed by atoms with Gasteiger partial charge >= 0.3 is 0 Å². The number of hydrogen-bond acceptors (Lipinski definition) is 2. The van der Waals surface area contributed by atoms with Crippen molar-refractivity contribution in [2.24, 2.45) is 0 Å². The number of amides is 1. The van der Waals surface area contributed by atoms with Crippen LogP contribution < -0.4 is 0 Å². The third-order valence-corrected chi connectivity index (χ3v) is 3.48. The van der Waals surface area contributed by atoms with Crippen LogP contribution >= 0.6 is 0 Å². The largest absolute Gasteiger partial charge is 0.394 e. The molecule has 1 aromatic heterocycles. The molecule has 1 aliphatic heterocycles. The minimum atomic E-state index is -2.49. The van der Waals surface area contributed by atoms with Crippen LogP contribution in [0.15, 0.2) is 18.3 Å². The molecule has 1 N–H and O–H groups in total. The average Bonchev–Trinajstić information content (AvgIpc) is 2.85. The smallest absolute Gasteiger partial charge is 0.270 e. The van der Waals surface area contributed by atoms with Crippen LogP contribution in [-0.4, -0.2) is 46.1 Å². The van der Waals surface area contributed by atoms with Crippen molar-refractivity contribution in [3.05, 3.63) is 24.0 Å². The van der Waals surface area contributed by atoms with Gasteiger partial charge in [-0.25, -0.2) is 8.78 Å². The molecule has 1 aromatic rings. The summed E-state index contributed by atoms with van der Waals surface area (Å²) in [5.41, 5.74) is 0.264. The Kier molecular flexibility index (Phi) is 4.52. The normalized spacial score (nSPS) is 20.0. The minimum Gasteiger partial charge on any atom is -0.394 e. The van der Waals surface area contributed by atoms with Crippen LogP contribution in [0.4, 0.5) is 8.78 Å². The van der Waals surface area contributed by atoms with Gasteiger partial charge in [0.2, 0.25) is 0 Å². The second-order valence-electron chi connectivity index (χ2n) is 4.77. The van der Waals surface area contributed by atoms with Gasteiger partial charge in [0.25, 0.3) is 12.3 Å². The van der Waals surface area contributed by atoms with E-state index >= 15 is 0 Å². The highest BCUT2D eigenvalue weighted by Gasteiger charge is 2.28. The summed E-state index contributed by atoms with van der Waals surface area (Å²) in [6.07, 6.45) is 1.62. The van der Waals surface area contributed by atoms with Crippen molar-refractivity contribution in [3.63, 3.8) is 0 Å². The average molecular weight is 272 g/mol. The van der Waals surface area contributed by atoms with Crippen molar-refractivity contribution in [2.75, 3.05) is 13.2 Å². The lowest BCUT2D eigenvalue weighted by Crippen LogP contribution is -2.46. The fraction of sp³-hybridized carbons (Fsp3) is 0.615. The van der Waals surface area contributed by atoms with Crippen LogP contribution in [0.25, 0.3) is 0 Å². The van der Waals surface area contributed by atoms with Gasteiger partial charge in [0.15, 0.2) is 0 Å². The van der Waals surface area contributed by atoms with Gasteiger partial charge in [0.05, 0.1) is 19.2 Å². The highest BCUT2D eigenvalue weighted by molar-refractivity contribution is 5.93. The van der Waals surface area contributed by atoms with Gasteiger partial charge in [-0.2, -0.15) is 0 Å². The van der Waals surface area contributed by atoms with Gasteiger partial charge in [-0.1, -0.05) is 0 Å². The van der Waals surface area contributed by atoms with E-state index in [2.05, 4.69) is 0 Å². The van der Waals surface area contributed by atoms with E-state index in [9.17, 15) is 18.7 Å². The number of carbonyl (C=O) groups excluding carboxylic acids is 1. The molecule has 1 unspecified atom stereocenters. The Morgan fingerprint density at radius 3 is 2.95 bits per heavy atom. The molecule has 0 aliphatic carbocycles. The Morgan fingerprint density at radius 2 is 2.26 bits per heavy atom. The number of halogens is 2. The van der Waals surface area contributed by atoms with Crippen LogP contribution in [0.3, 0.4) is 0 Å². The first kappa shape index (κ1) is 14.0.